The molecule has 33 heavy (non-hydrogen) atoms. The summed E-state index contributed by atoms with van der Waals surface area (Å²) >= 11 is 12.2. The molecule has 1 aliphatic heterocycles. The highest BCUT2D eigenvalue weighted by Gasteiger charge is 2.31. The molecule has 1 amide bonds. The fraction of sp³-hybridized carbons (Fsp3) is 0.400. The minimum atomic E-state index is 0.0692. The molecular formula is C25H27Cl2N5O. The maximum atomic E-state index is 12.8. The minimum absolute atomic E-state index is 0.0692. The predicted octanol–water partition coefficient (Wildman–Crippen LogP) is 4.88. The third kappa shape index (κ3) is 5.08. The number of aromatic nitrogens is 2. The summed E-state index contributed by atoms with van der Waals surface area (Å²) in [6.45, 7) is 1.70. The number of amides is 1. The van der Waals surface area contributed by atoms with Crippen molar-refractivity contribution in [2.75, 3.05) is 25.0 Å². The van der Waals surface area contributed by atoms with Gasteiger partial charge in [0.15, 0.2) is 0 Å². The van der Waals surface area contributed by atoms with E-state index in [2.05, 4.69) is 50.9 Å². The second kappa shape index (κ2) is 9.84. The Bertz CT molecular complexity index is 1140. The van der Waals surface area contributed by atoms with E-state index in [-0.39, 0.29) is 12.5 Å². The van der Waals surface area contributed by atoms with Crippen LogP contribution in [0.2, 0.25) is 10.0 Å². The number of anilines is 1. The Labute approximate surface area is 203 Å². The van der Waals surface area contributed by atoms with E-state index in [1.807, 2.05) is 4.90 Å². The first-order valence-electron chi connectivity index (χ1n) is 11.5. The van der Waals surface area contributed by atoms with Crippen molar-refractivity contribution in [3.63, 3.8) is 0 Å². The van der Waals surface area contributed by atoms with Gasteiger partial charge in [0.2, 0.25) is 5.91 Å². The Balaban J connectivity index is 1.13. The Kier molecular flexibility index (Phi) is 6.67. The zero-order valence-electron chi connectivity index (χ0n) is 18.3. The Hall–Kier alpha value is -2.41. The first kappa shape index (κ1) is 22.4. The molecule has 0 spiro atoms. The van der Waals surface area contributed by atoms with Crippen molar-refractivity contribution in [1.29, 1.82) is 0 Å². The minimum Gasteiger partial charge on any atom is -0.360 e. The van der Waals surface area contributed by atoms with Crippen LogP contribution in [-0.2, 0) is 4.79 Å². The number of hydrogen-bond acceptors (Lipinski definition) is 5. The van der Waals surface area contributed by atoms with Crippen LogP contribution in [-0.4, -0.2) is 52.5 Å². The molecule has 1 aliphatic carbocycles. The number of hydrogen-bond donors (Lipinski definition) is 2. The second-order valence-corrected chi connectivity index (χ2v) is 9.78. The van der Waals surface area contributed by atoms with Crippen LogP contribution in [0, 0.1) is 0 Å². The van der Waals surface area contributed by atoms with Crippen LogP contribution < -0.4 is 10.6 Å². The van der Waals surface area contributed by atoms with E-state index in [1.54, 1.807) is 12.1 Å². The van der Waals surface area contributed by atoms with Crippen LogP contribution in [0.1, 0.15) is 37.2 Å². The average Bonchev–Trinajstić information content (AvgIpc) is 3.49. The maximum Gasteiger partial charge on any atom is 0.241 e. The molecule has 5 rings (SSSR count). The van der Waals surface area contributed by atoms with Gasteiger partial charge in [0.25, 0.3) is 0 Å². The Morgan fingerprint density at radius 3 is 2.70 bits per heavy atom. The molecule has 3 atom stereocenters. The van der Waals surface area contributed by atoms with Crippen molar-refractivity contribution in [2.45, 2.75) is 43.7 Å². The van der Waals surface area contributed by atoms with Crippen LogP contribution >= 0.6 is 23.2 Å². The molecule has 1 saturated carbocycles. The van der Waals surface area contributed by atoms with Gasteiger partial charge in [-0.15, -0.1) is 0 Å². The van der Waals surface area contributed by atoms with E-state index in [9.17, 15) is 4.79 Å². The zero-order chi connectivity index (χ0) is 22.8. The van der Waals surface area contributed by atoms with E-state index in [0.717, 1.165) is 24.9 Å². The quantitative estimate of drug-likeness (QED) is 0.522. The largest absolute Gasteiger partial charge is 0.360 e. The lowest BCUT2D eigenvalue weighted by atomic mass is 9.97. The number of carbonyl (C=O) groups is 1. The fourth-order valence-electron chi connectivity index (χ4n) is 5.08. The number of halogens is 2. The number of carbonyl (C=O) groups excluding carboxylic acids is 1. The molecule has 2 heterocycles. The van der Waals surface area contributed by atoms with E-state index >= 15 is 0 Å². The van der Waals surface area contributed by atoms with Gasteiger partial charge in [0, 0.05) is 30.6 Å². The van der Waals surface area contributed by atoms with Crippen LogP contribution in [0.3, 0.4) is 0 Å². The van der Waals surface area contributed by atoms with E-state index < -0.39 is 0 Å². The highest BCUT2D eigenvalue weighted by Crippen LogP contribution is 2.35. The summed E-state index contributed by atoms with van der Waals surface area (Å²) < 4.78 is 0. The van der Waals surface area contributed by atoms with Crippen molar-refractivity contribution in [2.24, 2.45) is 0 Å². The van der Waals surface area contributed by atoms with Crippen LogP contribution in [0.25, 0.3) is 10.9 Å². The van der Waals surface area contributed by atoms with Crippen molar-refractivity contribution < 1.29 is 4.79 Å². The van der Waals surface area contributed by atoms with Gasteiger partial charge >= 0.3 is 0 Å². The Morgan fingerprint density at radius 2 is 1.85 bits per heavy atom. The summed E-state index contributed by atoms with van der Waals surface area (Å²) in [5, 5.41) is 8.59. The summed E-state index contributed by atoms with van der Waals surface area (Å²) in [5.74, 6) is 1.29. The number of fused-ring (bicyclic) bond motifs is 1. The van der Waals surface area contributed by atoms with Crippen molar-refractivity contribution in [3.05, 3.63) is 64.4 Å². The van der Waals surface area contributed by atoms with Gasteiger partial charge in [-0.05, 0) is 49.3 Å². The third-order valence-electron chi connectivity index (χ3n) is 6.80. The summed E-state index contributed by atoms with van der Waals surface area (Å²) in [5.41, 5.74) is 2.13. The molecule has 2 aliphatic rings. The molecule has 3 aromatic rings. The van der Waals surface area contributed by atoms with Crippen LogP contribution in [0.5, 0.6) is 0 Å². The lowest BCUT2D eigenvalue weighted by Crippen LogP contribution is -2.41. The number of nitrogens with zero attached hydrogens (tertiary/aromatic N) is 3. The third-order valence-corrected chi connectivity index (χ3v) is 7.52. The van der Waals surface area contributed by atoms with Gasteiger partial charge in [-0.1, -0.05) is 53.5 Å². The van der Waals surface area contributed by atoms with E-state index in [1.165, 1.54) is 31.2 Å². The highest BCUT2D eigenvalue weighted by molar-refractivity contribution is 6.42. The van der Waals surface area contributed by atoms with Gasteiger partial charge in [0.1, 0.15) is 12.1 Å². The lowest BCUT2D eigenvalue weighted by molar-refractivity contribution is -0.128. The molecule has 2 fully saturated rings. The van der Waals surface area contributed by atoms with Gasteiger partial charge in [-0.25, -0.2) is 9.97 Å². The average molecular weight is 484 g/mol. The summed E-state index contributed by atoms with van der Waals surface area (Å²) in [4.78, 5) is 23.3. The van der Waals surface area contributed by atoms with Crippen molar-refractivity contribution >= 4 is 45.8 Å². The van der Waals surface area contributed by atoms with Crippen LogP contribution in [0.4, 0.5) is 5.82 Å². The highest BCUT2D eigenvalue weighted by atomic mass is 35.5. The fourth-order valence-corrected chi connectivity index (χ4v) is 5.40. The molecule has 2 N–H and O–H groups in total. The first-order chi connectivity index (χ1) is 16.1. The summed E-state index contributed by atoms with van der Waals surface area (Å²) in [6, 6.07) is 15.1. The number of nitrogens with one attached hydrogen (secondary N) is 2. The van der Waals surface area contributed by atoms with Crippen molar-refractivity contribution in [3.8, 4) is 0 Å². The SMILES string of the molecule is O=C(CNc1ncnc2cc(Cl)c(Cl)cc12)N1CC[C@@H](NC2CC[C@H](c3ccccc3)C2)C1. The number of likely N-dealkylation sites (tertiary alicyclic amines) is 1. The van der Waals surface area contributed by atoms with Gasteiger partial charge in [-0.2, -0.15) is 0 Å². The smallest absolute Gasteiger partial charge is 0.241 e. The standard InChI is InChI=1S/C25H27Cl2N5O/c26-21-11-20-23(12-22(21)27)29-15-30-25(20)28-13-24(33)32-9-8-19(14-32)31-18-7-6-17(10-18)16-4-2-1-3-5-16/h1-5,11-12,15,17-19,31H,6-10,13-14H2,(H,28,29,30)/t17-,18?,19+/m0/s1. The van der Waals surface area contributed by atoms with Gasteiger partial charge in [0.05, 0.1) is 22.1 Å². The molecule has 6 nitrogen and oxygen atoms in total. The van der Waals surface area contributed by atoms with Crippen molar-refractivity contribution in [1.82, 2.24) is 20.2 Å². The molecule has 0 bridgehead atoms. The summed E-state index contributed by atoms with van der Waals surface area (Å²) in [6.07, 6.45) is 6.04. The molecule has 8 heteroatoms. The Morgan fingerprint density at radius 1 is 1.03 bits per heavy atom. The molecule has 0 radical (unpaired) electrons. The summed E-state index contributed by atoms with van der Waals surface area (Å²) in [7, 11) is 0. The zero-order valence-corrected chi connectivity index (χ0v) is 19.8. The van der Waals surface area contributed by atoms with E-state index in [4.69, 9.17) is 23.2 Å². The molecule has 172 valence electrons. The molecule has 2 aromatic carbocycles. The second-order valence-electron chi connectivity index (χ2n) is 8.97. The topological polar surface area (TPSA) is 70.2 Å². The molecule has 1 aromatic heterocycles. The number of benzene rings is 2. The molecule has 1 unspecified atom stereocenters. The van der Waals surface area contributed by atoms with Gasteiger partial charge in [-0.3, -0.25) is 4.79 Å². The van der Waals surface area contributed by atoms with E-state index in [0.29, 0.717) is 39.4 Å². The first-order valence-corrected chi connectivity index (χ1v) is 12.2. The normalized spacial score (nSPS) is 22.7. The van der Waals surface area contributed by atoms with Gasteiger partial charge < -0.3 is 15.5 Å². The van der Waals surface area contributed by atoms with Crippen LogP contribution in [0.15, 0.2) is 48.8 Å². The monoisotopic (exact) mass is 483 g/mol. The molecule has 1 saturated heterocycles. The number of rotatable bonds is 6. The lowest BCUT2D eigenvalue weighted by Gasteiger charge is -2.21. The maximum absolute atomic E-state index is 12.8. The molecular weight excluding hydrogens is 457 g/mol. The predicted molar refractivity (Wildman–Crippen MR) is 133 cm³/mol.